The van der Waals surface area contributed by atoms with E-state index in [0.717, 1.165) is 16.3 Å². The van der Waals surface area contributed by atoms with Crippen LogP contribution in [0.25, 0.3) is 5.65 Å². The van der Waals surface area contributed by atoms with Gasteiger partial charge in [0.1, 0.15) is 12.1 Å². The summed E-state index contributed by atoms with van der Waals surface area (Å²) < 4.78 is 1.56. The zero-order valence-corrected chi connectivity index (χ0v) is 10.9. The van der Waals surface area contributed by atoms with Crippen LogP contribution in [0.4, 0.5) is 0 Å². The van der Waals surface area contributed by atoms with Crippen LogP contribution in [-0.4, -0.2) is 50.1 Å². The maximum absolute atomic E-state index is 12.1. The molecule has 0 aromatic carbocycles. The number of fused-ring (bicyclic) bond motifs is 1. The Hall–Kier alpha value is -2.44. The zero-order valence-electron chi connectivity index (χ0n) is 10.9. The lowest BCUT2D eigenvalue weighted by Crippen LogP contribution is -2.31. The van der Waals surface area contributed by atoms with Crippen LogP contribution in [0, 0.1) is 13.8 Å². The molecule has 100 valence electrons. The number of aromatic nitrogens is 3. The first-order chi connectivity index (χ1) is 8.90. The summed E-state index contributed by atoms with van der Waals surface area (Å²) in [6, 6.07) is 1.86. The van der Waals surface area contributed by atoms with E-state index in [2.05, 4.69) is 10.1 Å². The number of carbonyl (C=O) groups excluding carboxylic acids is 1. The van der Waals surface area contributed by atoms with E-state index in [-0.39, 0.29) is 6.54 Å². The number of rotatable bonds is 3. The highest BCUT2D eigenvalue weighted by Gasteiger charge is 2.20. The third-order valence-corrected chi connectivity index (χ3v) is 2.73. The van der Waals surface area contributed by atoms with E-state index in [1.54, 1.807) is 4.52 Å². The third-order valence-electron chi connectivity index (χ3n) is 2.73. The van der Waals surface area contributed by atoms with Gasteiger partial charge in [-0.05, 0) is 19.9 Å². The second kappa shape index (κ2) is 4.68. The van der Waals surface area contributed by atoms with E-state index in [1.165, 1.54) is 13.2 Å². The Balaban J connectivity index is 2.46. The molecule has 1 amide bonds. The van der Waals surface area contributed by atoms with Crippen molar-refractivity contribution in [2.24, 2.45) is 0 Å². The number of hydrogen-bond acceptors (Lipinski definition) is 4. The third kappa shape index (κ3) is 2.40. The Bertz CT molecular complexity index is 662. The van der Waals surface area contributed by atoms with Crippen LogP contribution in [0.3, 0.4) is 0 Å². The van der Waals surface area contributed by atoms with Crippen molar-refractivity contribution in [2.45, 2.75) is 13.8 Å². The van der Waals surface area contributed by atoms with Gasteiger partial charge in [-0.3, -0.25) is 9.59 Å². The van der Waals surface area contributed by atoms with E-state index in [1.807, 2.05) is 19.9 Å². The maximum Gasteiger partial charge on any atom is 0.323 e. The molecular weight excluding hydrogens is 248 g/mol. The molecule has 0 spiro atoms. The molecule has 0 aliphatic carbocycles. The van der Waals surface area contributed by atoms with Crippen LogP contribution in [0.5, 0.6) is 0 Å². The van der Waals surface area contributed by atoms with Gasteiger partial charge in [0.05, 0.1) is 6.20 Å². The minimum Gasteiger partial charge on any atom is -0.480 e. The lowest BCUT2D eigenvalue weighted by Gasteiger charge is -2.13. The average Bonchev–Trinajstić information content (AvgIpc) is 2.70. The zero-order chi connectivity index (χ0) is 14.2. The Morgan fingerprint density at radius 2 is 2.11 bits per heavy atom. The summed E-state index contributed by atoms with van der Waals surface area (Å²) in [4.78, 5) is 28.2. The smallest absolute Gasteiger partial charge is 0.323 e. The normalized spacial score (nSPS) is 10.7. The van der Waals surface area contributed by atoms with Gasteiger partial charge in [-0.25, -0.2) is 9.50 Å². The van der Waals surface area contributed by atoms with Crippen LogP contribution < -0.4 is 0 Å². The van der Waals surface area contributed by atoms with Crippen LogP contribution >= 0.6 is 0 Å². The molecular formula is C12H14N4O3. The average molecular weight is 262 g/mol. The second-order valence-electron chi connectivity index (χ2n) is 4.39. The topological polar surface area (TPSA) is 87.8 Å². The van der Waals surface area contributed by atoms with Gasteiger partial charge < -0.3 is 10.0 Å². The molecule has 0 atom stereocenters. The second-order valence-corrected chi connectivity index (χ2v) is 4.39. The number of carbonyl (C=O) groups is 2. The fourth-order valence-corrected chi connectivity index (χ4v) is 1.90. The van der Waals surface area contributed by atoms with Gasteiger partial charge in [0.2, 0.25) is 0 Å². The van der Waals surface area contributed by atoms with Crippen LogP contribution in [-0.2, 0) is 4.79 Å². The van der Waals surface area contributed by atoms with Gasteiger partial charge in [0.15, 0.2) is 5.65 Å². The van der Waals surface area contributed by atoms with Gasteiger partial charge in [-0.2, -0.15) is 5.10 Å². The van der Waals surface area contributed by atoms with Crippen molar-refractivity contribution in [3.63, 3.8) is 0 Å². The summed E-state index contributed by atoms with van der Waals surface area (Å²) in [5.41, 5.74) is 2.39. The first-order valence-electron chi connectivity index (χ1n) is 5.69. The number of likely N-dealkylation sites (N-methyl/N-ethyl adjacent to an activating group) is 1. The van der Waals surface area contributed by atoms with E-state index in [9.17, 15) is 9.59 Å². The summed E-state index contributed by atoms with van der Waals surface area (Å²) >= 11 is 0. The summed E-state index contributed by atoms with van der Waals surface area (Å²) in [5, 5.41) is 12.8. The van der Waals surface area contributed by atoms with Crippen molar-refractivity contribution >= 4 is 17.5 Å². The number of amides is 1. The maximum atomic E-state index is 12.1. The Morgan fingerprint density at radius 3 is 2.74 bits per heavy atom. The molecule has 19 heavy (non-hydrogen) atoms. The highest BCUT2D eigenvalue weighted by molar-refractivity contribution is 6.00. The summed E-state index contributed by atoms with van der Waals surface area (Å²) in [7, 11) is 1.43. The molecule has 2 heterocycles. The van der Waals surface area contributed by atoms with Crippen LogP contribution in [0.1, 0.15) is 21.7 Å². The number of aryl methyl sites for hydroxylation is 2. The molecule has 2 aromatic rings. The Morgan fingerprint density at radius 1 is 1.42 bits per heavy atom. The standard InChI is InChI=1S/C12H14N4O3/c1-7-4-8(2)16-11(14-7)9(5-13-16)12(19)15(3)6-10(17)18/h4-5H,6H2,1-3H3,(H,17,18). The molecule has 7 heteroatoms. The predicted octanol–water partition coefficient (Wildman–Crippen LogP) is 0.503. The van der Waals surface area contributed by atoms with E-state index in [4.69, 9.17) is 5.11 Å². The quantitative estimate of drug-likeness (QED) is 0.870. The van der Waals surface area contributed by atoms with Gasteiger partial charge in [0, 0.05) is 18.4 Å². The molecule has 0 saturated heterocycles. The summed E-state index contributed by atoms with van der Waals surface area (Å²) in [6.07, 6.45) is 1.41. The molecule has 0 unspecified atom stereocenters. The highest BCUT2D eigenvalue weighted by Crippen LogP contribution is 2.13. The molecule has 2 aromatic heterocycles. The van der Waals surface area contributed by atoms with Gasteiger partial charge in [0.25, 0.3) is 5.91 Å². The molecule has 0 saturated carbocycles. The first kappa shape index (κ1) is 13.0. The molecule has 0 radical (unpaired) electrons. The number of carboxylic acid groups (broad SMARTS) is 1. The lowest BCUT2D eigenvalue weighted by atomic mass is 10.2. The van der Waals surface area contributed by atoms with Crippen molar-refractivity contribution < 1.29 is 14.7 Å². The Kier molecular flexibility index (Phi) is 3.20. The minimum atomic E-state index is -1.06. The van der Waals surface area contributed by atoms with Crippen LogP contribution in [0.2, 0.25) is 0 Å². The minimum absolute atomic E-state index is 0.301. The van der Waals surface area contributed by atoms with Crippen molar-refractivity contribution in [3.8, 4) is 0 Å². The van der Waals surface area contributed by atoms with Gasteiger partial charge >= 0.3 is 5.97 Å². The number of nitrogens with zero attached hydrogens (tertiary/aromatic N) is 4. The Labute approximate surface area is 109 Å². The molecule has 2 rings (SSSR count). The van der Waals surface area contributed by atoms with E-state index in [0.29, 0.717) is 11.2 Å². The molecule has 0 fully saturated rings. The largest absolute Gasteiger partial charge is 0.480 e. The van der Waals surface area contributed by atoms with Crippen LogP contribution in [0.15, 0.2) is 12.3 Å². The van der Waals surface area contributed by atoms with Gasteiger partial charge in [-0.15, -0.1) is 0 Å². The SMILES string of the molecule is Cc1cc(C)n2ncc(C(=O)N(C)CC(=O)O)c2n1. The van der Waals surface area contributed by atoms with Crippen molar-refractivity contribution in [3.05, 3.63) is 29.2 Å². The molecule has 0 aliphatic rings. The van der Waals surface area contributed by atoms with Crippen molar-refractivity contribution in [1.29, 1.82) is 0 Å². The fraction of sp³-hybridized carbons (Fsp3) is 0.333. The highest BCUT2D eigenvalue weighted by atomic mass is 16.4. The number of hydrogen-bond donors (Lipinski definition) is 1. The fourth-order valence-electron chi connectivity index (χ4n) is 1.90. The lowest BCUT2D eigenvalue weighted by molar-refractivity contribution is -0.137. The van der Waals surface area contributed by atoms with E-state index < -0.39 is 11.9 Å². The van der Waals surface area contributed by atoms with Crippen molar-refractivity contribution in [1.82, 2.24) is 19.5 Å². The molecule has 0 aliphatic heterocycles. The number of aliphatic carboxylic acids is 1. The first-order valence-corrected chi connectivity index (χ1v) is 5.69. The summed E-state index contributed by atoms with van der Waals surface area (Å²) in [5.74, 6) is -1.47. The van der Waals surface area contributed by atoms with E-state index >= 15 is 0 Å². The molecule has 7 nitrogen and oxygen atoms in total. The molecule has 0 bridgehead atoms. The monoisotopic (exact) mass is 262 g/mol. The predicted molar refractivity (Wildman–Crippen MR) is 67.1 cm³/mol. The van der Waals surface area contributed by atoms with Gasteiger partial charge in [-0.1, -0.05) is 0 Å². The number of carboxylic acids is 1. The summed E-state index contributed by atoms with van der Waals surface area (Å²) in [6.45, 7) is 3.33. The van der Waals surface area contributed by atoms with Crippen molar-refractivity contribution in [2.75, 3.05) is 13.6 Å². The molecule has 1 N–H and O–H groups in total.